The lowest BCUT2D eigenvalue weighted by atomic mass is 9.75. The molecule has 4 aliphatic rings. The van der Waals surface area contributed by atoms with Gasteiger partial charge in [-0.15, -0.1) is 0 Å². The second kappa shape index (κ2) is 5.75. The van der Waals surface area contributed by atoms with Gasteiger partial charge in [0.1, 0.15) is 11.6 Å². The molecule has 4 heterocycles. The minimum absolute atomic E-state index is 0.0278. The van der Waals surface area contributed by atoms with Crippen molar-refractivity contribution in [2.24, 2.45) is 5.92 Å². The second-order valence-electron chi connectivity index (χ2n) is 7.13. The van der Waals surface area contributed by atoms with E-state index in [-0.39, 0.29) is 23.8 Å². The lowest BCUT2D eigenvalue weighted by molar-refractivity contribution is 0.0123. The summed E-state index contributed by atoms with van der Waals surface area (Å²) in [5.74, 6) is -0.967. The van der Waals surface area contributed by atoms with Crippen LogP contribution in [0.15, 0.2) is 18.2 Å². The number of rotatable bonds is 3. The van der Waals surface area contributed by atoms with Crippen molar-refractivity contribution in [1.82, 2.24) is 9.21 Å². The van der Waals surface area contributed by atoms with Crippen molar-refractivity contribution in [2.75, 3.05) is 25.4 Å². The van der Waals surface area contributed by atoms with Gasteiger partial charge in [0.25, 0.3) is 0 Å². The van der Waals surface area contributed by atoms with Crippen molar-refractivity contribution >= 4 is 10.0 Å². The molecule has 0 spiro atoms. The summed E-state index contributed by atoms with van der Waals surface area (Å²) in [4.78, 5) is 2.32. The van der Waals surface area contributed by atoms with Gasteiger partial charge < -0.3 is 0 Å². The number of fused-ring (bicyclic) bond motifs is 2. The zero-order valence-electron chi connectivity index (χ0n) is 13.7. The van der Waals surface area contributed by atoms with Crippen LogP contribution in [-0.4, -0.2) is 55.1 Å². The average molecular weight is 356 g/mol. The lowest BCUT2D eigenvalue weighted by Gasteiger charge is -2.50. The van der Waals surface area contributed by atoms with Gasteiger partial charge in [0, 0.05) is 30.6 Å². The molecule has 0 radical (unpaired) electrons. The highest BCUT2D eigenvalue weighted by molar-refractivity contribution is 7.89. The van der Waals surface area contributed by atoms with Crippen LogP contribution < -0.4 is 0 Å². The normalized spacial score (nSPS) is 36.0. The zero-order valence-corrected chi connectivity index (χ0v) is 14.5. The average Bonchev–Trinajstić information content (AvgIpc) is 2.98. The van der Waals surface area contributed by atoms with Crippen molar-refractivity contribution in [3.05, 3.63) is 35.4 Å². The van der Waals surface area contributed by atoms with E-state index in [4.69, 9.17) is 0 Å². The van der Waals surface area contributed by atoms with E-state index in [0.29, 0.717) is 18.0 Å². The van der Waals surface area contributed by atoms with Crippen molar-refractivity contribution in [3.8, 4) is 0 Å². The van der Waals surface area contributed by atoms with E-state index in [1.54, 1.807) is 11.2 Å². The number of hydrogen-bond donors (Lipinski definition) is 0. The van der Waals surface area contributed by atoms with Crippen LogP contribution in [0.4, 0.5) is 8.78 Å². The summed E-state index contributed by atoms with van der Waals surface area (Å²) in [7, 11) is -3.33. The van der Waals surface area contributed by atoms with Gasteiger partial charge in [-0.1, -0.05) is 0 Å². The summed E-state index contributed by atoms with van der Waals surface area (Å²) >= 11 is 0. The van der Waals surface area contributed by atoms with Crippen molar-refractivity contribution in [3.63, 3.8) is 0 Å². The van der Waals surface area contributed by atoms with Crippen LogP contribution in [-0.2, 0) is 10.0 Å². The van der Waals surface area contributed by atoms with Gasteiger partial charge in [-0.2, -0.15) is 4.31 Å². The molecule has 1 aromatic rings. The third-order valence-corrected chi connectivity index (χ3v) is 7.82. The number of nitrogens with zero attached hydrogens (tertiary/aromatic N) is 2. The maximum Gasteiger partial charge on any atom is 0.214 e. The highest BCUT2D eigenvalue weighted by atomic mass is 32.2. The number of hydrogen-bond acceptors (Lipinski definition) is 3. The molecule has 0 amide bonds. The predicted molar refractivity (Wildman–Crippen MR) is 87.1 cm³/mol. The summed E-state index contributed by atoms with van der Waals surface area (Å²) in [6, 6.07) is 3.55. The third kappa shape index (κ3) is 2.48. The molecule has 4 aliphatic heterocycles. The predicted octanol–water partition coefficient (Wildman–Crippen LogP) is 2.18. The van der Waals surface area contributed by atoms with Gasteiger partial charge in [0.15, 0.2) is 0 Å². The first kappa shape index (κ1) is 16.4. The fourth-order valence-corrected chi connectivity index (χ4v) is 6.32. The quantitative estimate of drug-likeness (QED) is 0.834. The Bertz CT molecular complexity index is 727. The molecule has 0 saturated carbocycles. The van der Waals surface area contributed by atoms with Crippen LogP contribution in [0.2, 0.25) is 0 Å². The number of sulfonamides is 1. The Morgan fingerprint density at radius 3 is 2.29 bits per heavy atom. The Hall–Kier alpha value is -1.05. The lowest BCUT2D eigenvalue weighted by Crippen LogP contribution is -2.60. The summed E-state index contributed by atoms with van der Waals surface area (Å²) in [6.45, 7) is 3.86. The van der Waals surface area contributed by atoms with Crippen LogP contribution in [0.1, 0.15) is 31.2 Å². The van der Waals surface area contributed by atoms with Gasteiger partial charge >= 0.3 is 0 Å². The maximum atomic E-state index is 13.7. The van der Waals surface area contributed by atoms with E-state index >= 15 is 0 Å². The minimum atomic E-state index is -3.33. The molecule has 7 heteroatoms. The van der Waals surface area contributed by atoms with Crippen LogP contribution in [0.3, 0.4) is 0 Å². The summed E-state index contributed by atoms with van der Waals surface area (Å²) < 4.78 is 54.2. The number of piperidine rings is 3. The summed E-state index contributed by atoms with van der Waals surface area (Å²) in [5, 5.41) is 0. The fraction of sp³-hybridized carbons (Fsp3) is 0.647. The Balaban J connectivity index is 1.78. The van der Waals surface area contributed by atoms with E-state index in [9.17, 15) is 17.2 Å². The Morgan fingerprint density at radius 2 is 1.71 bits per heavy atom. The molecule has 24 heavy (non-hydrogen) atoms. The van der Waals surface area contributed by atoms with Gasteiger partial charge in [-0.25, -0.2) is 17.2 Å². The fourth-order valence-electron chi connectivity index (χ4n) is 4.93. The van der Waals surface area contributed by atoms with Gasteiger partial charge in [-0.3, -0.25) is 4.90 Å². The zero-order chi connectivity index (χ0) is 17.1. The number of halogens is 2. The number of benzene rings is 1. The molecular weight excluding hydrogens is 334 g/mol. The van der Waals surface area contributed by atoms with E-state index in [1.165, 1.54) is 12.1 Å². The SMILES string of the molecule is CCS(=O)(=O)N1C[C@H](c2cc(F)cc(F)c2)[C@@H]2[C@H]1C1CCN2CC1. The largest absolute Gasteiger partial charge is 0.298 e. The molecule has 0 unspecified atom stereocenters. The Morgan fingerprint density at radius 1 is 1.08 bits per heavy atom. The molecule has 0 N–H and O–H groups in total. The standard InChI is InChI=1S/C17H22F2N2O2S/c1-2-24(22,23)21-10-15(12-7-13(18)9-14(19)8-12)17-16(21)11-3-5-20(17)6-4-11/h7-9,11,15-17H,2-6,10H2,1H3/t15-,16-,17-/m1/s1. The monoisotopic (exact) mass is 356 g/mol. The molecule has 0 aliphatic carbocycles. The second-order valence-corrected chi connectivity index (χ2v) is 9.34. The van der Waals surface area contributed by atoms with Crippen LogP contribution in [0.25, 0.3) is 0 Å². The summed E-state index contributed by atoms with van der Waals surface area (Å²) in [6.07, 6.45) is 2.00. The Kier molecular flexibility index (Phi) is 3.93. The first-order valence-electron chi connectivity index (χ1n) is 8.60. The van der Waals surface area contributed by atoms with Crippen molar-refractivity contribution in [1.29, 1.82) is 0 Å². The van der Waals surface area contributed by atoms with Gasteiger partial charge in [0.05, 0.1) is 5.75 Å². The molecule has 4 saturated heterocycles. The molecule has 3 atom stereocenters. The third-order valence-electron chi connectivity index (χ3n) is 5.99. The maximum absolute atomic E-state index is 13.7. The van der Waals surface area contributed by atoms with Crippen molar-refractivity contribution in [2.45, 2.75) is 37.8 Å². The van der Waals surface area contributed by atoms with Crippen LogP contribution >= 0.6 is 0 Å². The molecule has 4 fully saturated rings. The molecular formula is C17H22F2N2O2S. The van der Waals surface area contributed by atoms with E-state index in [1.807, 2.05) is 0 Å². The molecule has 0 aromatic heterocycles. The van der Waals surface area contributed by atoms with E-state index < -0.39 is 21.7 Å². The van der Waals surface area contributed by atoms with Crippen LogP contribution in [0, 0.1) is 17.6 Å². The van der Waals surface area contributed by atoms with Gasteiger partial charge in [0.2, 0.25) is 10.0 Å². The first-order chi connectivity index (χ1) is 11.4. The van der Waals surface area contributed by atoms with Crippen molar-refractivity contribution < 1.29 is 17.2 Å². The van der Waals surface area contributed by atoms with E-state index in [2.05, 4.69) is 4.90 Å². The highest BCUT2D eigenvalue weighted by Crippen LogP contribution is 2.47. The van der Waals surface area contributed by atoms with Crippen LogP contribution in [0.5, 0.6) is 0 Å². The summed E-state index contributed by atoms with van der Waals surface area (Å²) in [5.41, 5.74) is 0.573. The van der Waals surface area contributed by atoms with Gasteiger partial charge in [-0.05, 0) is 56.5 Å². The highest BCUT2D eigenvalue weighted by Gasteiger charge is 2.56. The topological polar surface area (TPSA) is 40.6 Å². The van der Waals surface area contributed by atoms with E-state index in [0.717, 1.165) is 32.0 Å². The molecule has 5 rings (SSSR count). The Labute approximate surface area is 141 Å². The molecule has 2 bridgehead atoms. The minimum Gasteiger partial charge on any atom is -0.298 e. The molecule has 132 valence electrons. The molecule has 4 nitrogen and oxygen atoms in total. The molecule has 1 aromatic carbocycles. The first-order valence-corrected chi connectivity index (χ1v) is 10.2. The smallest absolute Gasteiger partial charge is 0.214 e.